The van der Waals surface area contributed by atoms with Crippen molar-refractivity contribution in [2.75, 3.05) is 11.4 Å². The highest BCUT2D eigenvalue weighted by molar-refractivity contribution is 6.29. The first-order valence-corrected chi connectivity index (χ1v) is 7.31. The van der Waals surface area contributed by atoms with Gasteiger partial charge in [0.25, 0.3) is 5.91 Å². The van der Waals surface area contributed by atoms with Crippen LogP contribution in [0.25, 0.3) is 0 Å². The van der Waals surface area contributed by atoms with Gasteiger partial charge in [0.15, 0.2) is 0 Å². The van der Waals surface area contributed by atoms with Gasteiger partial charge in [0.05, 0.1) is 30.3 Å². The number of rotatable bonds is 3. The molecule has 0 spiro atoms. The lowest BCUT2D eigenvalue weighted by molar-refractivity contribution is -0.114. The normalized spacial score (nSPS) is 15.0. The van der Waals surface area contributed by atoms with Gasteiger partial charge in [0, 0.05) is 17.5 Å². The molecular weight excluding hydrogens is 314 g/mol. The van der Waals surface area contributed by atoms with Gasteiger partial charge in [0.2, 0.25) is 0 Å². The second-order valence-electron chi connectivity index (χ2n) is 5.09. The first-order valence-electron chi connectivity index (χ1n) is 6.93. The number of amides is 1. The largest absolute Gasteiger partial charge is 0.394 e. The number of carbonyl (C=O) groups is 1. The van der Waals surface area contributed by atoms with Gasteiger partial charge < -0.3 is 10.6 Å². The maximum atomic E-state index is 12.3. The minimum atomic E-state index is -0.244. The van der Waals surface area contributed by atoms with Gasteiger partial charge in [-0.05, 0) is 31.2 Å². The van der Waals surface area contributed by atoms with E-state index in [-0.39, 0.29) is 11.6 Å². The van der Waals surface area contributed by atoms with Crippen LogP contribution in [0.2, 0.25) is 5.15 Å². The predicted molar refractivity (Wildman–Crippen MR) is 89.9 cm³/mol. The zero-order valence-corrected chi connectivity index (χ0v) is 13.2. The van der Waals surface area contributed by atoms with E-state index in [1.807, 2.05) is 19.1 Å². The van der Waals surface area contributed by atoms with Gasteiger partial charge in [-0.25, -0.2) is 4.98 Å². The summed E-state index contributed by atoms with van der Waals surface area (Å²) in [6.07, 6.45) is 4.79. The Bertz CT molecular complexity index is 796. The molecular formula is C16H14ClN5O. The van der Waals surface area contributed by atoms with Crippen LogP contribution in [0.3, 0.4) is 0 Å². The topological polar surface area (TPSA) is 84.5 Å². The molecule has 0 atom stereocenters. The summed E-state index contributed by atoms with van der Waals surface area (Å²) in [5.41, 5.74) is 8.99. The summed E-state index contributed by atoms with van der Waals surface area (Å²) in [4.78, 5) is 26.3. The molecule has 1 aliphatic rings. The van der Waals surface area contributed by atoms with E-state index in [1.165, 1.54) is 0 Å². The molecule has 1 amide bonds. The Morgan fingerprint density at radius 2 is 2.09 bits per heavy atom. The van der Waals surface area contributed by atoms with E-state index in [9.17, 15) is 4.79 Å². The Balaban J connectivity index is 1.79. The summed E-state index contributed by atoms with van der Waals surface area (Å²) in [6, 6.07) is 7.08. The number of aromatic nitrogens is 2. The number of pyridine rings is 2. The van der Waals surface area contributed by atoms with Crippen molar-refractivity contribution in [3.05, 3.63) is 58.8 Å². The zero-order chi connectivity index (χ0) is 16.4. The van der Waals surface area contributed by atoms with Gasteiger partial charge in [-0.2, -0.15) is 0 Å². The second-order valence-corrected chi connectivity index (χ2v) is 5.47. The zero-order valence-electron chi connectivity index (χ0n) is 12.4. The number of hydrogen-bond donors (Lipinski definition) is 1. The van der Waals surface area contributed by atoms with Crippen LogP contribution in [0.5, 0.6) is 0 Å². The first kappa shape index (κ1) is 15.2. The summed E-state index contributed by atoms with van der Waals surface area (Å²) in [5, 5.41) is 0.400. The molecule has 3 rings (SSSR count). The number of carbonyl (C=O) groups excluding carboxylic acids is 1. The van der Waals surface area contributed by atoms with Gasteiger partial charge in [-0.1, -0.05) is 11.6 Å². The van der Waals surface area contributed by atoms with Crippen LogP contribution in [-0.2, 0) is 4.79 Å². The molecule has 0 aliphatic carbocycles. The van der Waals surface area contributed by atoms with Crippen LogP contribution < -0.4 is 10.6 Å². The summed E-state index contributed by atoms with van der Waals surface area (Å²) in [6.45, 7) is 2.25. The molecule has 0 fully saturated rings. The van der Waals surface area contributed by atoms with Crippen molar-refractivity contribution < 1.29 is 4.79 Å². The lowest BCUT2D eigenvalue weighted by Crippen LogP contribution is -2.28. The van der Waals surface area contributed by atoms with Crippen LogP contribution in [-0.4, -0.2) is 28.6 Å². The number of aliphatic imine (C=N–C) groups is 1. The Morgan fingerprint density at radius 1 is 1.26 bits per heavy atom. The van der Waals surface area contributed by atoms with Gasteiger partial charge in [-0.3, -0.25) is 14.8 Å². The van der Waals surface area contributed by atoms with Crippen molar-refractivity contribution in [2.45, 2.75) is 6.92 Å². The highest BCUT2D eigenvalue weighted by atomic mass is 35.5. The average Bonchev–Trinajstić information content (AvgIpc) is 2.83. The SMILES string of the molecule is Cc1ccc(N2CC(C=Nc3ccc(Cl)nc3)=C(N)C2=O)cn1. The number of halogens is 1. The van der Waals surface area contributed by atoms with Crippen molar-refractivity contribution in [1.82, 2.24) is 9.97 Å². The number of hydrogen-bond acceptors (Lipinski definition) is 5. The van der Waals surface area contributed by atoms with Crippen molar-refractivity contribution in [1.29, 1.82) is 0 Å². The molecule has 0 saturated carbocycles. The Kier molecular flexibility index (Phi) is 4.08. The fourth-order valence-electron chi connectivity index (χ4n) is 2.15. The second kappa shape index (κ2) is 6.18. The molecule has 0 aromatic carbocycles. The van der Waals surface area contributed by atoms with E-state index in [2.05, 4.69) is 15.0 Å². The van der Waals surface area contributed by atoms with Gasteiger partial charge >= 0.3 is 0 Å². The molecule has 0 unspecified atom stereocenters. The highest BCUT2D eigenvalue weighted by Crippen LogP contribution is 2.23. The lowest BCUT2D eigenvalue weighted by Gasteiger charge is -2.15. The van der Waals surface area contributed by atoms with Crippen LogP contribution in [0.1, 0.15) is 5.69 Å². The predicted octanol–water partition coefficient (Wildman–Crippen LogP) is 2.40. The van der Waals surface area contributed by atoms with E-state index in [4.69, 9.17) is 17.3 Å². The fraction of sp³-hybridized carbons (Fsp3) is 0.125. The molecule has 3 heterocycles. The van der Waals surface area contributed by atoms with Crippen molar-refractivity contribution in [2.24, 2.45) is 10.7 Å². The highest BCUT2D eigenvalue weighted by Gasteiger charge is 2.28. The summed E-state index contributed by atoms with van der Waals surface area (Å²) in [5.74, 6) is -0.244. The van der Waals surface area contributed by atoms with E-state index in [0.717, 1.165) is 5.69 Å². The van der Waals surface area contributed by atoms with Crippen molar-refractivity contribution in [3.8, 4) is 0 Å². The number of nitrogens with two attached hydrogens (primary N) is 1. The van der Waals surface area contributed by atoms with E-state index in [1.54, 1.807) is 35.6 Å². The number of anilines is 1. The molecule has 2 aromatic heterocycles. The number of nitrogens with zero attached hydrogens (tertiary/aromatic N) is 4. The monoisotopic (exact) mass is 327 g/mol. The third kappa shape index (κ3) is 3.22. The molecule has 0 radical (unpaired) electrons. The third-order valence-corrected chi connectivity index (χ3v) is 3.66. The van der Waals surface area contributed by atoms with Crippen molar-refractivity contribution >= 4 is 35.1 Å². The smallest absolute Gasteiger partial charge is 0.274 e. The standard InChI is InChI=1S/C16H14ClN5O/c1-10-2-4-13(8-19-10)22-9-11(15(18)16(22)23)6-20-12-3-5-14(17)21-7-12/h2-8H,9,18H2,1H3. The fourth-order valence-corrected chi connectivity index (χ4v) is 2.26. The maximum Gasteiger partial charge on any atom is 0.274 e. The quantitative estimate of drug-likeness (QED) is 0.693. The minimum absolute atomic E-state index is 0.191. The molecule has 6 nitrogen and oxygen atoms in total. The van der Waals surface area contributed by atoms with E-state index in [0.29, 0.717) is 28.6 Å². The summed E-state index contributed by atoms with van der Waals surface area (Å²) < 4.78 is 0. The Labute approximate surface area is 138 Å². The van der Waals surface area contributed by atoms with Crippen molar-refractivity contribution in [3.63, 3.8) is 0 Å². The van der Waals surface area contributed by atoms with Crippen LogP contribution in [0.15, 0.2) is 52.9 Å². The Hall–Kier alpha value is -2.73. The third-order valence-electron chi connectivity index (χ3n) is 3.44. The van der Waals surface area contributed by atoms with E-state index < -0.39 is 0 Å². The number of aryl methyl sites for hydroxylation is 1. The molecule has 116 valence electrons. The minimum Gasteiger partial charge on any atom is -0.394 e. The van der Waals surface area contributed by atoms with E-state index >= 15 is 0 Å². The summed E-state index contributed by atoms with van der Waals surface area (Å²) >= 11 is 5.73. The van der Waals surface area contributed by atoms with Gasteiger partial charge in [0.1, 0.15) is 10.9 Å². The Morgan fingerprint density at radius 3 is 2.74 bits per heavy atom. The van der Waals surface area contributed by atoms with Crippen LogP contribution in [0, 0.1) is 6.92 Å². The molecule has 2 N–H and O–H groups in total. The molecule has 2 aromatic rings. The molecule has 23 heavy (non-hydrogen) atoms. The van der Waals surface area contributed by atoms with Gasteiger partial charge in [-0.15, -0.1) is 0 Å². The van der Waals surface area contributed by atoms with Crippen LogP contribution in [0.4, 0.5) is 11.4 Å². The molecule has 0 saturated heterocycles. The summed E-state index contributed by atoms with van der Waals surface area (Å²) in [7, 11) is 0. The lowest BCUT2D eigenvalue weighted by atomic mass is 10.2. The average molecular weight is 328 g/mol. The first-order chi connectivity index (χ1) is 11.0. The molecule has 1 aliphatic heterocycles. The maximum absolute atomic E-state index is 12.3. The molecule has 0 bridgehead atoms. The van der Waals surface area contributed by atoms with Crippen LogP contribution >= 0.6 is 11.6 Å². The molecule has 7 heteroatoms.